The van der Waals surface area contributed by atoms with Crippen LogP contribution in [-0.4, -0.2) is 31.5 Å². The first-order valence-corrected chi connectivity index (χ1v) is 10.0. The standard InChI is InChI=1S/C20H17BrF2N6/c1-20(19-26-15-10-13(21)14(23)11-16(15)27-19)5-2-8-28(20)18-9-12(22)3-4-17(18)29-24-6-7-25-29/h3-4,6-7,9-11H,2,5,8H2,1H3,(H,26,27)/t20-/m0/s1. The van der Waals surface area contributed by atoms with Crippen molar-refractivity contribution in [2.24, 2.45) is 0 Å². The maximum atomic E-state index is 14.2. The quantitative estimate of drug-likeness (QED) is 0.483. The third kappa shape index (κ3) is 2.91. The molecule has 1 saturated heterocycles. The van der Waals surface area contributed by atoms with E-state index in [1.165, 1.54) is 23.0 Å². The molecule has 0 bridgehead atoms. The first kappa shape index (κ1) is 18.2. The van der Waals surface area contributed by atoms with E-state index in [1.54, 1.807) is 24.5 Å². The van der Waals surface area contributed by atoms with Crippen LogP contribution in [0.1, 0.15) is 25.6 Å². The molecule has 0 saturated carbocycles. The molecule has 1 fully saturated rings. The van der Waals surface area contributed by atoms with Crippen LogP contribution in [0, 0.1) is 11.6 Å². The zero-order chi connectivity index (χ0) is 20.2. The monoisotopic (exact) mass is 458 g/mol. The molecule has 1 N–H and O–H groups in total. The van der Waals surface area contributed by atoms with Gasteiger partial charge in [-0.15, -0.1) is 4.80 Å². The largest absolute Gasteiger partial charge is 0.357 e. The molecule has 0 unspecified atom stereocenters. The van der Waals surface area contributed by atoms with E-state index >= 15 is 0 Å². The van der Waals surface area contributed by atoms with Gasteiger partial charge >= 0.3 is 0 Å². The van der Waals surface area contributed by atoms with Crippen molar-refractivity contribution in [3.8, 4) is 5.69 Å². The Morgan fingerprint density at radius 3 is 2.69 bits per heavy atom. The van der Waals surface area contributed by atoms with Gasteiger partial charge < -0.3 is 9.88 Å². The Kier molecular flexibility index (Phi) is 4.16. The summed E-state index contributed by atoms with van der Waals surface area (Å²) in [6.07, 6.45) is 4.90. The van der Waals surface area contributed by atoms with Crippen LogP contribution in [-0.2, 0) is 5.54 Å². The number of anilines is 1. The number of hydrogen-bond acceptors (Lipinski definition) is 4. The summed E-state index contributed by atoms with van der Waals surface area (Å²) in [5.41, 5.74) is 2.16. The Bertz CT molecular complexity index is 1170. The summed E-state index contributed by atoms with van der Waals surface area (Å²) in [7, 11) is 0. The molecule has 0 spiro atoms. The van der Waals surface area contributed by atoms with Crippen LogP contribution in [0.15, 0.2) is 47.2 Å². The van der Waals surface area contributed by atoms with E-state index in [9.17, 15) is 8.78 Å². The second-order valence-corrected chi connectivity index (χ2v) is 8.20. The van der Waals surface area contributed by atoms with E-state index in [1.807, 2.05) is 0 Å². The molecule has 0 aliphatic carbocycles. The van der Waals surface area contributed by atoms with Gasteiger partial charge in [-0.3, -0.25) is 0 Å². The minimum Gasteiger partial charge on any atom is -0.357 e. The first-order valence-electron chi connectivity index (χ1n) is 9.25. The van der Waals surface area contributed by atoms with Crippen LogP contribution in [0.25, 0.3) is 16.7 Å². The van der Waals surface area contributed by atoms with Gasteiger partial charge in [0, 0.05) is 12.6 Å². The Morgan fingerprint density at radius 2 is 1.90 bits per heavy atom. The minimum absolute atomic E-state index is 0.333. The lowest BCUT2D eigenvalue weighted by Crippen LogP contribution is -2.40. The zero-order valence-electron chi connectivity index (χ0n) is 15.5. The summed E-state index contributed by atoms with van der Waals surface area (Å²) < 4.78 is 28.5. The van der Waals surface area contributed by atoms with Crippen molar-refractivity contribution >= 4 is 32.7 Å². The van der Waals surface area contributed by atoms with Crippen molar-refractivity contribution in [1.29, 1.82) is 0 Å². The lowest BCUT2D eigenvalue weighted by Gasteiger charge is -2.36. The normalized spacial score (nSPS) is 19.4. The number of fused-ring (bicyclic) bond motifs is 1. The van der Waals surface area contributed by atoms with E-state index in [4.69, 9.17) is 4.98 Å². The average molecular weight is 459 g/mol. The maximum absolute atomic E-state index is 14.2. The zero-order valence-corrected chi connectivity index (χ0v) is 17.1. The molecule has 1 atom stereocenters. The van der Waals surface area contributed by atoms with Crippen molar-refractivity contribution in [1.82, 2.24) is 25.0 Å². The van der Waals surface area contributed by atoms with Crippen LogP contribution in [0.4, 0.5) is 14.5 Å². The highest BCUT2D eigenvalue weighted by Crippen LogP contribution is 2.43. The minimum atomic E-state index is -0.516. The summed E-state index contributed by atoms with van der Waals surface area (Å²) in [5.74, 6) is 0.0326. The molecular formula is C20H17BrF2N6. The summed E-state index contributed by atoms with van der Waals surface area (Å²) in [4.78, 5) is 11.6. The SMILES string of the molecule is C[C@@]1(c2nc3cc(Br)c(F)cc3[nH]2)CCCN1c1cc(F)ccc1-n1nccn1. The van der Waals surface area contributed by atoms with Gasteiger partial charge in [0.15, 0.2) is 0 Å². The highest BCUT2D eigenvalue weighted by molar-refractivity contribution is 9.10. The summed E-state index contributed by atoms with van der Waals surface area (Å²) in [6.45, 7) is 2.79. The number of aromatic amines is 1. The first-order chi connectivity index (χ1) is 14.0. The maximum Gasteiger partial charge on any atom is 0.139 e. The third-order valence-corrected chi connectivity index (χ3v) is 6.15. The number of benzene rings is 2. The number of rotatable bonds is 3. The average Bonchev–Trinajstić information content (AvgIpc) is 3.42. The molecule has 3 heterocycles. The van der Waals surface area contributed by atoms with Crippen LogP contribution < -0.4 is 4.90 Å². The molecule has 2 aromatic carbocycles. The van der Waals surface area contributed by atoms with Gasteiger partial charge in [-0.05, 0) is 60.0 Å². The number of aromatic nitrogens is 5. The van der Waals surface area contributed by atoms with E-state index < -0.39 is 5.54 Å². The molecule has 9 heteroatoms. The van der Waals surface area contributed by atoms with E-state index in [0.29, 0.717) is 32.7 Å². The molecule has 0 radical (unpaired) electrons. The fourth-order valence-corrected chi connectivity index (χ4v) is 4.41. The van der Waals surface area contributed by atoms with Crippen molar-refractivity contribution in [3.05, 3.63) is 64.7 Å². The molecule has 6 nitrogen and oxygen atoms in total. The fraction of sp³-hybridized carbons (Fsp3) is 0.250. The molecule has 1 aliphatic rings. The molecule has 0 amide bonds. The fourth-order valence-electron chi connectivity index (χ4n) is 4.08. The molecule has 148 valence electrons. The van der Waals surface area contributed by atoms with Crippen molar-refractivity contribution in [2.75, 3.05) is 11.4 Å². The lowest BCUT2D eigenvalue weighted by atomic mass is 9.97. The number of imidazole rings is 1. The third-order valence-electron chi connectivity index (χ3n) is 5.54. The molecule has 2 aromatic heterocycles. The number of H-pyrrole nitrogens is 1. The Balaban J connectivity index is 1.65. The van der Waals surface area contributed by atoms with Gasteiger partial charge in [-0.2, -0.15) is 10.2 Å². The highest BCUT2D eigenvalue weighted by atomic mass is 79.9. The second-order valence-electron chi connectivity index (χ2n) is 7.35. The van der Waals surface area contributed by atoms with Crippen LogP contribution in [0.2, 0.25) is 0 Å². The van der Waals surface area contributed by atoms with E-state index in [2.05, 4.69) is 42.9 Å². The van der Waals surface area contributed by atoms with Gasteiger partial charge in [0.1, 0.15) is 23.1 Å². The molecular weight excluding hydrogens is 442 g/mol. The van der Waals surface area contributed by atoms with Gasteiger partial charge in [0.05, 0.1) is 39.1 Å². The van der Waals surface area contributed by atoms with Gasteiger partial charge in [-0.25, -0.2) is 13.8 Å². The topological polar surface area (TPSA) is 62.6 Å². The Morgan fingerprint density at radius 1 is 1.10 bits per heavy atom. The van der Waals surface area contributed by atoms with Crippen molar-refractivity contribution in [2.45, 2.75) is 25.3 Å². The number of nitrogens with one attached hydrogen (secondary N) is 1. The summed E-state index contributed by atoms with van der Waals surface area (Å²) in [6, 6.07) is 7.67. The molecule has 5 rings (SSSR count). The summed E-state index contributed by atoms with van der Waals surface area (Å²) >= 11 is 3.21. The highest BCUT2D eigenvalue weighted by Gasteiger charge is 2.42. The lowest BCUT2D eigenvalue weighted by molar-refractivity contribution is 0.465. The van der Waals surface area contributed by atoms with Crippen LogP contribution >= 0.6 is 15.9 Å². The Hall–Kier alpha value is -2.81. The predicted octanol–water partition coefficient (Wildman–Crippen LogP) is 4.70. The van der Waals surface area contributed by atoms with Gasteiger partial charge in [0.2, 0.25) is 0 Å². The summed E-state index contributed by atoms with van der Waals surface area (Å²) in [5, 5.41) is 8.42. The molecule has 1 aliphatic heterocycles. The van der Waals surface area contributed by atoms with Gasteiger partial charge in [-0.1, -0.05) is 0 Å². The number of nitrogens with zero attached hydrogens (tertiary/aromatic N) is 5. The number of halogens is 3. The molecule has 4 aromatic rings. The second kappa shape index (κ2) is 6.62. The van der Waals surface area contributed by atoms with E-state index in [0.717, 1.165) is 19.4 Å². The Labute approximate surface area is 173 Å². The van der Waals surface area contributed by atoms with Crippen molar-refractivity contribution < 1.29 is 8.78 Å². The smallest absolute Gasteiger partial charge is 0.139 e. The predicted molar refractivity (Wildman–Crippen MR) is 109 cm³/mol. The van der Waals surface area contributed by atoms with Crippen molar-refractivity contribution in [3.63, 3.8) is 0 Å². The van der Waals surface area contributed by atoms with Crippen LogP contribution in [0.5, 0.6) is 0 Å². The van der Waals surface area contributed by atoms with Crippen LogP contribution in [0.3, 0.4) is 0 Å². The van der Waals surface area contributed by atoms with E-state index in [-0.39, 0.29) is 11.6 Å². The number of hydrogen-bond donors (Lipinski definition) is 1. The van der Waals surface area contributed by atoms with Gasteiger partial charge in [0.25, 0.3) is 0 Å². The molecule has 29 heavy (non-hydrogen) atoms.